The van der Waals surface area contributed by atoms with Gasteiger partial charge in [0.15, 0.2) is 0 Å². The lowest BCUT2D eigenvalue weighted by molar-refractivity contribution is -0.145. The number of nitrogens with one attached hydrogen (secondary N) is 1. The van der Waals surface area contributed by atoms with Crippen LogP contribution in [0.4, 0.5) is 0 Å². The van der Waals surface area contributed by atoms with Crippen molar-refractivity contribution in [3.05, 3.63) is 0 Å². The first-order chi connectivity index (χ1) is 23.1. The van der Waals surface area contributed by atoms with Gasteiger partial charge in [0.2, 0.25) is 0 Å². The van der Waals surface area contributed by atoms with Crippen LogP contribution in [0, 0.1) is 0 Å². The summed E-state index contributed by atoms with van der Waals surface area (Å²) in [5.74, 6) is -0.305. The summed E-state index contributed by atoms with van der Waals surface area (Å²) in [7, 11) is 0. The van der Waals surface area contributed by atoms with Crippen molar-refractivity contribution in [1.82, 2.24) is 10.2 Å². The van der Waals surface area contributed by atoms with E-state index >= 15 is 0 Å². The zero-order chi connectivity index (χ0) is 34.3. The average molecular weight is 669 g/mol. The summed E-state index contributed by atoms with van der Waals surface area (Å²) in [5.41, 5.74) is 0. The van der Waals surface area contributed by atoms with Gasteiger partial charge in [0.05, 0.1) is 32.7 Å². The first kappa shape index (κ1) is 45.8. The summed E-state index contributed by atoms with van der Waals surface area (Å²) < 4.78 is 10.8. The maximum absolute atomic E-state index is 12.2. The van der Waals surface area contributed by atoms with Crippen LogP contribution in [0.5, 0.6) is 0 Å². The van der Waals surface area contributed by atoms with Crippen LogP contribution in [-0.2, 0) is 19.1 Å². The third-order valence-corrected chi connectivity index (χ3v) is 9.18. The molecule has 0 aliphatic carbocycles. The Morgan fingerprint density at radius 1 is 0.468 bits per heavy atom. The van der Waals surface area contributed by atoms with Gasteiger partial charge < -0.3 is 19.9 Å². The van der Waals surface area contributed by atoms with E-state index in [2.05, 4.69) is 24.1 Å². The van der Waals surface area contributed by atoms with Gasteiger partial charge in [0.1, 0.15) is 0 Å². The summed E-state index contributed by atoms with van der Waals surface area (Å²) in [4.78, 5) is 26.3. The second kappa shape index (κ2) is 39.3. The first-order valence-electron chi connectivity index (χ1n) is 20.5. The molecule has 280 valence electrons. The standard InChI is InChI=1S/C40H80N2O5/c1-3-5-7-9-11-13-15-17-19-21-23-25-27-37-46-39(44)29-31-41-32-34-42(35-36-43)33-30-40(45)47-38-28-26-24-22-20-18-16-14-12-10-8-6-4-2/h41,43H,3-38H2,1-2H3. The minimum atomic E-state index is -0.161. The van der Waals surface area contributed by atoms with Gasteiger partial charge in [-0.1, -0.05) is 168 Å². The largest absolute Gasteiger partial charge is 0.466 e. The molecule has 0 bridgehead atoms. The Bertz CT molecular complexity index is 648. The lowest BCUT2D eigenvalue weighted by Gasteiger charge is -2.21. The SMILES string of the molecule is CCCCCCCCCCCCCCCOC(=O)CCNCCN(CCO)CCC(=O)OCCCCCCCCCCCCCCC. The maximum atomic E-state index is 12.2. The Morgan fingerprint density at radius 2 is 0.830 bits per heavy atom. The number of aliphatic hydroxyl groups excluding tert-OH is 1. The van der Waals surface area contributed by atoms with E-state index in [1.807, 2.05) is 0 Å². The lowest BCUT2D eigenvalue weighted by atomic mass is 10.0. The topological polar surface area (TPSA) is 88.1 Å². The fraction of sp³-hybridized carbons (Fsp3) is 0.950. The van der Waals surface area contributed by atoms with E-state index in [9.17, 15) is 14.7 Å². The second-order valence-corrected chi connectivity index (χ2v) is 13.7. The highest BCUT2D eigenvalue weighted by Gasteiger charge is 2.09. The highest BCUT2D eigenvalue weighted by Crippen LogP contribution is 2.14. The monoisotopic (exact) mass is 669 g/mol. The molecule has 0 heterocycles. The summed E-state index contributed by atoms with van der Waals surface area (Å²) in [6.07, 6.45) is 34.7. The summed E-state index contributed by atoms with van der Waals surface area (Å²) in [6, 6.07) is 0. The molecule has 0 fully saturated rings. The van der Waals surface area contributed by atoms with Crippen molar-refractivity contribution in [2.75, 3.05) is 52.5 Å². The number of aliphatic hydroxyl groups is 1. The van der Waals surface area contributed by atoms with E-state index in [0.717, 1.165) is 25.7 Å². The van der Waals surface area contributed by atoms with Gasteiger partial charge in [-0.15, -0.1) is 0 Å². The van der Waals surface area contributed by atoms with Crippen molar-refractivity contribution in [3.63, 3.8) is 0 Å². The molecule has 7 nitrogen and oxygen atoms in total. The van der Waals surface area contributed by atoms with Crippen LogP contribution in [0.25, 0.3) is 0 Å². The van der Waals surface area contributed by atoms with E-state index in [0.29, 0.717) is 58.8 Å². The highest BCUT2D eigenvalue weighted by molar-refractivity contribution is 5.69. The van der Waals surface area contributed by atoms with E-state index in [1.165, 1.54) is 141 Å². The molecule has 0 saturated heterocycles. The number of hydrogen-bond donors (Lipinski definition) is 2. The Labute approximate surface area is 292 Å². The zero-order valence-corrected chi connectivity index (χ0v) is 31.5. The van der Waals surface area contributed by atoms with Gasteiger partial charge in [-0.2, -0.15) is 0 Å². The summed E-state index contributed by atoms with van der Waals surface area (Å²) >= 11 is 0. The second-order valence-electron chi connectivity index (χ2n) is 13.7. The van der Waals surface area contributed by atoms with Crippen LogP contribution in [0.1, 0.15) is 194 Å². The zero-order valence-electron chi connectivity index (χ0n) is 31.5. The Hall–Kier alpha value is -1.18. The number of unbranched alkanes of at least 4 members (excludes halogenated alkanes) is 24. The normalized spacial score (nSPS) is 11.4. The molecule has 0 amide bonds. The number of ether oxygens (including phenoxy) is 2. The van der Waals surface area contributed by atoms with Crippen LogP contribution >= 0.6 is 0 Å². The molecular weight excluding hydrogens is 588 g/mol. The third kappa shape index (κ3) is 37.5. The smallest absolute Gasteiger partial charge is 0.307 e. The minimum Gasteiger partial charge on any atom is -0.466 e. The lowest BCUT2D eigenvalue weighted by Crippen LogP contribution is -2.36. The van der Waals surface area contributed by atoms with E-state index < -0.39 is 0 Å². The minimum absolute atomic E-state index is 0.0551. The van der Waals surface area contributed by atoms with Gasteiger partial charge in [0.25, 0.3) is 0 Å². The van der Waals surface area contributed by atoms with Gasteiger partial charge in [-0.25, -0.2) is 0 Å². The molecule has 0 spiro atoms. The molecular formula is C40H80N2O5. The average Bonchev–Trinajstić information content (AvgIpc) is 3.07. The molecule has 0 saturated carbocycles. The van der Waals surface area contributed by atoms with Crippen molar-refractivity contribution in [2.24, 2.45) is 0 Å². The summed E-state index contributed by atoms with van der Waals surface area (Å²) in [5, 5.41) is 12.7. The quantitative estimate of drug-likeness (QED) is 0.0498. The Kier molecular flexibility index (Phi) is 38.3. The van der Waals surface area contributed by atoms with Gasteiger partial charge in [-0.3, -0.25) is 14.5 Å². The number of carbonyl (C=O) groups is 2. The van der Waals surface area contributed by atoms with E-state index in [-0.39, 0.29) is 18.5 Å². The Morgan fingerprint density at radius 3 is 1.21 bits per heavy atom. The fourth-order valence-corrected chi connectivity index (χ4v) is 6.03. The molecule has 0 aliphatic heterocycles. The van der Waals surface area contributed by atoms with Crippen molar-refractivity contribution in [1.29, 1.82) is 0 Å². The molecule has 0 aromatic heterocycles. The van der Waals surface area contributed by atoms with Crippen LogP contribution in [0.15, 0.2) is 0 Å². The molecule has 0 unspecified atom stereocenters. The molecule has 0 aromatic rings. The van der Waals surface area contributed by atoms with Crippen molar-refractivity contribution < 1.29 is 24.2 Å². The maximum Gasteiger partial charge on any atom is 0.307 e. The van der Waals surface area contributed by atoms with Crippen LogP contribution < -0.4 is 5.32 Å². The van der Waals surface area contributed by atoms with Crippen LogP contribution in [0.3, 0.4) is 0 Å². The number of esters is 2. The molecule has 0 rings (SSSR count). The molecule has 7 heteroatoms. The Balaban J connectivity index is 3.56. The number of nitrogens with zero attached hydrogens (tertiary/aromatic N) is 1. The predicted octanol–water partition coefficient (Wildman–Crippen LogP) is 9.92. The van der Waals surface area contributed by atoms with Gasteiger partial charge in [-0.05, 0) is 12.8 Å². The van der Waals surface area contributed by atoms with Crippen LogP contribution in [0.2, 0.25) is 0 Å². The van der Waals surface area contributed by atoms with E-state index in [4.69, 9.17) is 9.47 Å². The van der Waals surface area contributed by atoms with E-state index in [1.54, 1.807) is 0 Å². The molecule has 2 N–H and O–H groups in total. The number of carbonyl (C=O) groups excluding carboxylic acids is 2. The van der Waals surface area contributed by atoms with Crippen molar-refractivity contribution >= 4 is 11.9 Å². The fourth-order valence-electron chi connectivity index (χ4n) is 6.03. The molecule has 47 heavy (non-hydrogen) atoms. The van der Waals surface area contributed by atoms with Crippen LogP contribution in [-0.4, -0.2) is 74.5 Å². The van der Waals surface area contributed by atoms with Crippen molar-refractivity contribution in [3.8, 4) is 0 Å². The van der Waals surface area contributed by atoms with Crippen molar-refractivity contribution in [2.45, 2.75) is 194 Å². The molecule has 0 aliphatic rings. The van der Waals surface area contributed by atoms with Gasteiger partial charge >= 0.3 is 11.9 Å². The first-order valence-corrected chi connectivity index (χ1v) is 20.5. The number of hydrogen-bond acceptors (Lipinski definition) is 7. The third-order valence-electron chi connectivity index (χ3n) is 9.18. The summed E-state index contributed by atoms with van der Waals surface area (Å²) in [6.45, 7) is 8.70. The van der Waals surface area contributed by atoms with Gasteiger partial charge in [0, 0.05) is 32.7 Å². The highest BCUT2D eigenvalue weighted by atomic mass is 16.5. The number of rotatable bonds is 39. The molecule has 0 atom stereocenters. The molecule has 0 radical (unpaired) electrons. The molecule has 0 aromatic carbocycles. The predicted molar refractivity (Wildman–Crippen MR) is 199 cm³/mol.